The van der Waals surface area contributed by atoms with E-state index in [2.05, 4.69) is 0 Å². The van der Waals surface area contributed by atoms with Gasteiger partial charge in [0, 0.05) is 16.0 Å². The molecule has 0 saturated carbocycles. The molecule has 0 amide bonds. The number of carbonyl (C=O) groups is 2. The van der Waals surface area contributed by atoms with Crippen LogP contribution in [-0.2, 0) is 11.3 Å². The van der Waals surface area contributed by atoms with Crippen molar-refractivity contribution >= 4 is 34.5 Å². The molecule has 1 heterocycles. The van der Waals surface area contributed by atoms with E-state index in [1.165, 1.54) is 0 Å². The maximum atomic E-state index is 13.1. The third kappa shape index (κ3) is 4.83. The van der Waals surface area contributed by atoms with Gasteiger partial charge < -0.3 is 18.8 Å². The Morgan fingerprint density at radius 3 is 2.29 bits per heavy atom. The number of carbonyl (C=O) groups excluding carboxylic acids is 2. The number of furan rings is 1. The zero-order valence-corrected chi connectivity index (χ0v) is 19.9. The summed E-state index contributed by atoms with van der Waals surface area (Å²) in [4.78, 5) is 27.1. The smallest absolute Gasteiger partial charge is 0.343 e. The number of hydrogen-bond donors (Lipinski definition) is 1. The molecule has 0 bridgehead atoms. The number of halogens is 1. The summed E-state index contributed by atoms with van der Waals surface area (Å²) >= 11 is 5.94. The number of ether oxygens (including phenoxy) is 2. The maximum absolute atomic E-state index is 13.1. The average Bonchev–Trinajstić information content (AvgIpc) is 3.21. The van der Waals surface area contributed by atoms with Gasteiger partial charge in [-0.05, 0) is 43.3 Å². The van der Waals surface area contributed by atoms with Crippen molar-refractivity contribution in [3.63, 3.8) is 0 Å². The number of fused-ring (bicyclic) bond motifs is 1. The molecule has 4 rings (SSSR count). The normalized spacial score (nSPS) is 11.1. The second-order valence-corrected chi connectivity index (χ2v) is 8.52. The summed E-state index contributed by atoms with van der Waals surface area (Å²) in [5, 5.41) is 1.11. The summed E-state index contributed by atoms with van der Waals surface area (Å²) in [5.74, 6) is -0.225. The first-order chi connectivity index (χ1) is 16.4. The van der Waals surface area contributed by atoms with Gasteiger partial charge >= 0.3 is 11.9 Å². The monoisotopic (exact) mass is 478 g/mol. The Morgan fingerprint density at radius 2 is 1.65 bits per heavy atom. The Hall–Kier alpha value is -3.61. The molecule has 3 aromatic carbocycles. The minimum Gasteiger partial charge on any atom is -0.462 e. The number of rotatable bonds is 7. The van der Waals surface area contributed by atoms with Crippen LogP contribution in [0.3, 0.4) is 0 Å². The van der Waals surface area contributed by atoms with Gasteiger partial charge in [0.1, 0.15) is 29.2 Å². The molecule has 0 saturated heterocycles. The summed E-state index contributed by atoms with van der Waals surface area (Å²) in [6.45, 7) is 2.46. The minimum atomic E-state index is -0.518. The molecule has 0 spiro atoms. The highest BCUT2D eigenvalue weighted by Gasteiger charge is 2.28. The van der Waals surface area contributed by atoms with E-state index in [0.717, 1.165) is 10.5 Å². The molecule has 7 heteroatoms. The van der Waals surface area contributed by atoms with E-state index in [-0.39, 0.29) is 6.61 Å². The van der Waals surface area contributed by atoms with Gasteiger partial charge in [0.15, 0.2) is 0 Å². The molecule has 0 unspecified atom stereocenters. The van der Waals surface area contributed by atoms with Gasteiger partial charge in [0.25, 0.3) is 0 Å². The van der Waals surface area contributed by atoms with Crippen molar-refractivity contribution in [1.82, 2.24) is 0 Å². The van der Waals surface area contributed by atoms with Crippen LogP contribution in [0.25, 0.3) is 22.3 Å². The van der Waals surface area contributed by atoms with Crippen molar-refractivity contribution in [2.45, 2.75) is 13.5 Å². The van der Waals surface area contributed by atoms with Crippen molar-refractivity contribution in [3.05, 3.63) is 88.4 Å². The lowest BCUT2D eigenvalue weighted by Gasteiger charge is -2.14. The molecule has 0 atom stereocenters. The summed E-state index contributed by atoms with van der Waals surface area (Å²) in [7, 11) is 3.96. The maximum Gasteiger partial charge on any atom is 0.343 e. The third-order valence-electron chi connectivity index (χ3n) is 5.25. The van der Waals surface area contributed by atoms with Crippen LogP contribution in [-0.4, -0.2) is 32.6 Å². The third-order valence-corrected chi connectivity index (χ3v) is 5.50. The predicted molar refractivity (Wildman–Crippen MR) is 131 cm³/mol. The molecule has 0 aliphatic heterocycles. The standard InChI is InChI=1S/C27H24ClNO5/c1-4-32-27(31)24-23-20(16-29(2)3)21(34-26(30)18-10-12-19(28)13-11-18)14-15-22(23)33-25(24)17-8-6-5-7-9-17/h5-15H,4,16H2,1-3H3/p+1. The second kappa shape index (κ2) is 10.1. The fourth-order valence-corrected chi connectivity index (χ4v) is 3.93. The molecular formula is C27H25ClNO5+. The quantitative estimate of drug-likeness (QED) is 0.305. The van der Waals surface area contributed by atoms with E-state index in [9.17, 15) is 9.59 Å². The van der Waals surface area contributed by atoms with E-state index in [4.69, 9.17) is 25.5 Å². The highest BCUT2D eigenvalue weighted by molar-refractivity contribution is 6.30. The Morgan fingerprint density at radius 1 is 0.941 bits per heavy atom. The molecule has 0 fully saturated rings. The molecule has 6 nitrogen and oxygen atoms in total. The molecule has 174 valence electrons. The second-order valence-electron chi connectivity index (χ2n) is 8.09. The van der Waals surface area contributed by atoms with Crippen LogP contribution in [0.1, 0.15) is 33.2 Å². The highest BCUT2D eigenvalue weighted by Crippen LogP contribution is 2.39. The highest BCUT2D eigenvalue weighted by atomic mass is 35.5. The van der Waals surface area contributed by atoms with Crippen molar-refractivity contribution in [2.24, 2.45) is 0 Å². The van der Waals surface area contributed by atoms with Crippen LogP contribution in [0, 0.1) is 0 Å². The summed E-state index contributed by atoms with van der Waals surface area (Å²) in [6, 6.07) is 19.3. The van der Waals surface area contributed by atoms with E-state index >= 15 is 0 Å². The fraction of sp³-hybridized carbons (Fsp3) is 0.185. The fourth-order valence-electron chi connectivity index (χ4n) is 3.80. The molecule has 34 heavy (non-hydrogen) atoms. The van der Waals surface area contributed by atoms with E-state index in [1.807, 2.05) is 44.4 Å². The first-order valence-electron chi connectivity index (χ1n) is 11.0. The van der Waals surface area contributed by atoms with Gasteiger partial charge in [-0.25, -0.2) is 9.59 Å². The summed E-state index contributed by atoms with van der Waals surface area (Å²) < 4.78 is 17.4. The van der Waals surface area contributed by atoms with E-state index in [1.54, 1.807) is 43.3 Å². The van der Waals surface area contributed by atoms with Gasteiger partial charge in [-0.3, -0.25) is 0 Å². The van der Waals surface area contributed by atoms with Gasteiger partial charge in [-0.1, -0.05) is 41.9 Å². The van der Waals surface area contributed by atoms with E-state index in [0.29, 0.717) is 50.7 Å². The zero-order valence-electron chi connectivity index (χ0n) is 19.2. The van der Waals surface area contributed by atoms with Crippen LogP contribution in [0.4, 0.5) is 0 Å². The predicted octanol–water partition coefficient (Wildman–Crippen LogP) is 4.79. The molecule has 1 N–H and O–H groups in total. The largest absolute Gasteiger partial charge is 0.462 e. The van der Waals surface area contributed by atoms with Crippen molar-refractivity contribution in [1.29, 1.82) is 0 Å². The average molecular weight is 479 g/mol. The van der Waals surface area contributed by atoms with Gasteiger partial charge in [-0.2, -0.15) is 0 Å². The molecule has 1 aromatic heterocycles. The first-order valence-corrected chi connectivity index (χ1v) is 11.3. The van der Waals surface area contributed by atoms with Crippen molar-refractivity contribution < 1.29 is 28.4 Å². The Bertz CT molecular complexity index is 1330. The molecule has 0 radical (unpaired) electrons. The van der Waals surface area contributed by atoms with Crippen LogP contribution >= 0.6 is 11.6 Å². The van der Waals surface area contributed by atoms with E-state index < -0.39 is 11.9 Å². The van der Waals surface area contributed by atoms with Crippen LogP contribution in [0.15, 0.2) is 71.1 Å². The van der Waals surface area contributed by atoms with Gasteiger partial charge in [0.2, 0.25) is 0 Å². The SMILES string of the molecule is CCOC(=O)c1c(-c2ccccc2)oc2ccc(OC(=O)c3ccc(Cl)cc3)c(C[NH+](C)C)c12. The Labute approximate surface area is 202 Å². The first kappa shape index (κ1) is 23.5. The number of hydrogen-bond acceptors (Lipinski definition) is 5. The summed E-state index contributed by atoms with van der Waals surface area (Å²) in [5.41, 5.74) is 2.65. The lowest BCUT2D eigenvalue weighted by atomic mass is 10.0. The Kier molecular flexibility index (Phi) is 7.01. The molecule has 0 aliphatic rings. The van der Waals surface area contributed by atoms with Crippen LogP contribution in [0.5, 0.6) is 5.75 Å². The molecule has 4 aromatic rings. The van der Waals surface area contributed by atoms with Gasteiger partial charge in [-0.15, -0.1) is 0 Å². The lowest BCUT2D eigenvalue weighted by Crippen LogP contribution is -3.04. The topological polar surface area (TPSA) is 70.2 Å². The number of benzene rings is 3. The van der Waals surface area contributed by atoms with Crippen LogP contribution < -0.4 is 9.64 Å². The van der Waals surface area contributed by atoms with Crippen molar-refractivity contribution in [2.75, 3.05) is 20.7 Å². The van der Waals surface area contributed by atoms with Crippen LogP contribution in [0.2, 0.25) is 5.02 Å². The molecule has 0 aliphatic carbocycles. The summed E-state index contributed by atoms with van der Waals surface area (Å²) in [6.07, 6.45) is 0. The minimum absolute atomic E-state index is 0.221. The number of nitrogens with one attached hydrogen (secondary N) is 1. The number of esters is 2. The lowest BCUT2D eigenvalue weighted by molar-refractivity contribution is -0.872. The number of quaternary nitrogens is 1. The van der Waals surface area contributed by atoms with Gasteiger partial charge in [0.05, 0.1) is 31.8 Å². The van der Waals surface area contributed by atoms with Crippen molar-refractivity contribution in [3.8, 4) is 17.1 Å². The zero-order chi connectivity index (χ0) is 24.2. The Balaban J connectivity index is 1.90. The molecular weight excluding hydrogens is 454 g/mol.